The summed E-state index contributed by atoms with van der Waals surface area (Å²) in [5.74, 6) is -0.351. The Morgan fingerprint density at radius 2 is 1.85 bits per heavy atom. The van der Waals surface area contributed by atoms with Crippen molar-refractivity contribution in [3.8, 4) is 0 Å². The van der Waals surface area contributed by atoms with Crippen LogP contribution in [0.2, 0.25) is 0 Å². The number of amides is 2. The van der Waals surface area contributed by atoms with Gasteiger partial charge in [0.05, 0.1) is 6.04 Å². The molecule has 5 nitrogen and oxygen atoms in total. The summed E-state index contributed by atoms with van der Waals surface area (Å²) in [5.41, 5.74) is 2.92. The molecule has 1 atom stereocenters. The van der Waals surface area contributed by atoms with Crippen LogP contribution in [0.25, 0.3) is 0 Å². The highest BCUT2D eigenvalue weighted by atomic mass is 16.2. The van der Waals surface area contributed by atoms with Crippen molar-refractivity contribution in [1.29, 1.82) is 0 Å². The van der Waals surface area contributed by atoms with Gasteiger partial charge in [0, 0.05) is 5.56 Å². The third-order valence-corrected chi connectivity index (χ3v) is 5.31. The summed E-state index contributed by atoms with van der Waals surface area (Å²) in [4.78, 5) is 31.7. The van der Waals surface area contributed by atoms with Gasteiger partial charge in [-0.2, -0.15) is 0 Å². The number of carbonyl (C=O) groups excluding carboxylic acids is 2. The smallest absolute Gasteiger partial charge is 0.275 e. The molecule has 0 radical (unpaired) electrons. The van der Waals surface area contributed by atoms with Crippen LogP contribution in [0.5, 0.6) is 0 Å². The van der Waals surface area contributed by atoms with Gasteiger partial charge >= 0.3 is 0 Å². The maximum atomic E-state index is 12.9. The number of aryl methyl sites for hydroxylation is 1. The van der Waals surface area contributed by atoms with Crippen molar-refractivity contribution >= 4 is 17.5 Å². The Labute approximate surface area is 159 Å². The van der Waals surface area contributed by atoms with Crippen molar-refractivity contribution in [3.63, 3.8) is 0 Å². The molecule has 138 valence electrons. The first-order chi connectivity index (χ1) is 13.0. The number of rotatable bonds is 4. The number of carbonyl (C=O) groups is 2. The van der Waals surface area contributed by atoms with Gasteiger partial charge < -0.3 is 10.2 Å². The van der Waals surface area contributed by atoms with Crippen molar-refractivity contribution in [1.82, 2.24) is 10.2 Å². The lowest BCUT2D eigenvalue weighted by atomic mass is 10.1. The summed E-state index contributed by atoms with van der Waals surface area (Å²) in [6, 6.07) is 17.6. The molecule has 0 saturated heterocycles. The minimum atomic E-state index is -0.743. The molecule has 0 unspecified atom stereocenters. The van der Waals surface area contributed by atoms with Gasteiger partial charge in [-0.1, -0.05) is 54.6 Å². The zero-order valence-corrected chi connectivity index (χ0v) is 15.6. The molecule has 5 heteroatoms. The van der Waals surface area contributed by atoms with Gasteiger partial charge in [0.25, 0.3) is 5.91 Å². The molecule has 27 heavy (non-hydrogen) atoms. The summed E-state index contributed by atoms with van der Waals surface area (Å²) in [5, 5.41) is 3.09. The standard InChI is InChI=1S/C22H23N3O2/c1-22(2)24-20(16-9-4-3-5-10-16)21(27)25(22)14-19(26)23-18-13-12-15-8-6-7-11-17(15)18/h3-11,18H,12-14H2,1-2H3,(H,23,26)/t18-/m0/s1. The topological polar surface area (TPSA) is 61.8 Å². The SMILES string of the molecule is CC1(C)N=C(c2ccccc2)C(=O)N1CC(=O)N[C@H]1CCc2ccccc21. The molecule has 1 aliphatic heterocycles. The fourth-order valence-electron chi connectivity index (χ4n) is 3.90. The van der Waals surface area contributed by atoms with Crippen LogP contribution in [0.4, 0.5) is 0 Å². The summed E-state index contributed by atoms with van der Waals surface area (Å²) in [6.07, 6.45) is 1.87. The second kappa shape index (κ2) is 6.65. The Balaban J connectivity index is 1.47. The Bertz CT molecular complexity index is 918. The molecular weight excluding hydrogens is 338 g/mol. The van der Waals surface area contributed by atoms with Crippen LogP contribution < -0.4 is 5.32 Å². The molecule has 1 aliphatic carbocycles. The van der Waals surface area contributed by atoms with E-state index in [0.717, 1.165) is 18.4 Å². The molecule has 1 heterocycles. The van der Waals surface area contributed by atoms with Crippen LogP contribution in [0.1, 0.15) is 43.0 Å². The zero-order chi connectivity index (χ0) is 19.0. The number of nitrogens with zero attached hydrogens (tertiary/aromatic N) is 2. The van der Waals surface area contributed by atoms with Crippen molar-refractivity contribution in [2.45, 2.75) is 38.4 Å². The van der Waals surface area contributed by atoms with Crippen LogP contribution in [-0.4, -0.2) is 34.6 Å². The van der Waals surface area contributed by atoms with E-state index < -0.39 is 5.66 Å². The largest absolute Gasteiger partial charge is 0.348 e. The van der Waals surface area contributed by atoms with Gasteiger partial charge in [-0.25, -0.2) is 0 Å². The lowest BCUT2D eigenvalue weighted by Gasteiger charge is -2.29. The minimum absolute atomic E-state index is 0.00430. The molecule has 0 fully saturated rings. The van der Waals surface area contributed by atoms with E-state index in [9.17, 15) is 9.59 Å². The van der Waals surface area contributed by atoms with Crippen molar-refractivity contribution in [2.75, 3.05) is 6.54 Å². The summed E-state index contributed by atoms with van der Waals surface area (Å²) >= 11 is 0. The predicted octanol–water partition coefficient (Wildman–Crippen LogP) is 2.86. The van der Waals surface area contributed by atoms with Gasteiger partial charge in [-0.3, -0.25) is 14.6 Å². The summed E-state index contributed by atoms with van der Waals surface area (Å²) < 4.78 is 0. The Morgan fingerprint density at radius 3 is 2.63 bits per heavy atom. The van der Waals surface area contributed by atoms with Gasteiger partial charge in [0.2, 0.25) is 5.91 Å². The number of hydrogen-bond donors (Lipinski definition) is 1. The van der Waals surface area contributed by atoms with Gasteiger partial charge in [-0.05, 0) is 37.8 Å². The number of aliphatic imine (C=N–C) groups is 1. The van der Waals surface area contributed by atoms with Gasteiger partial charge in [-0.15, -0.1) is 0 Å². The molecule has 0 saturated carbocycles. The highest BCUT2D eigenvalue weighted by Gasteiger charge is 2.41. The fourth-order valence-corrected chi connectivity index (χ4v) is 3.90. The summed E-state index contributed by atoms with van der Waals surface area (Å²) in [6.45, 7) is 3.72. The number of benzene rings is 2. The Kier molecular flexibility index (Phi) is 4.30. The monoisotopic (exact) mass is 361 g/mol. The average Bonchev–Trinajstić information content (AvgIpc) is 3.16. The van der Waals surface area contributed by atoms with Crippen molar-refractivity contribution < 1.29 is 9.59 Å². The molecule has 2 aromatic carbocycles. The molecule has 0 bridgehead atoms. The molecular formula is C22H23N3O2. The van der Waals surface area contributed by atoms with Crippen LogP contribution >= 0.6 is 0 Å². The highest BCUT2D eigenvalue weighted by molar-refractivity contribution is 6.46. The van der Waals surface area contributed by atoms with E-state index in [2.05, 4.69) is 22.4 Å². The van der Waals surface area contributed by atoms with E-state index in [-0.39, 0.29) is 24.4 Å². The van der Waals surface area contributed by atoms with Crippen LogP contribution in [0.15, 0.2) is 59.6 Å². The molecule has 1 N–H and O–H groups in total. The first kappa shape index (κ1) is 17.5. The maximum Gasteiger partial charge on any atom is 0.275 e. The van der Waals surface area contributed by atoms with E-state index in [1.54, 1.807) is 4.90 Å². The molecule has 2 aromatic rings. The normalized spacial score (nSPS) is 20.4. The summed E-state index contributed by atoms with van der Waals surface area (Å²) in [7, 11) is 0. The van der Waals surface area contributed by atoms with E-state index >= 15 is 0 Å². The fraction of sp³-hybridized carbons (Fsp3) is 0.318. The average molecular weight is 361 g/mol. The lowest BCUT2D eigenvalue weighted by molar-refractivity contribution is -0.134. The second-order valence-electron chi connectivity index (χ2n) is 7.57. The quantitative estimate of drug-likeness (QED) is 0.910. The molecule has 4 rings (SSSR count). The van der Waals surface area contributed by atoms with Gasteiger partial charge in [0.1, 0.15) is 17.9 Å². The number of nitrogens with one attached hydrogen (secondary N) is 1. The molecule has 0 aromatic heterocycles. The third kappa shape index (κ3) is 3.25. The minimum Gasteiger partial charge on any atom is -0.348 e. The third-order valence-electron chi connectivity index (χ3n) is 5.31. The van der Waals surface area contributed by atoms with Crippen molar-refractivity contribution in [3.05, 3.63) is 71.3 Å². The van der Waals surface area contributed by atoms with E-state index in [1.165, 1.54) is 11.1 Å². The van der Waals surface area contributed by atoms with E-state index in [0.29, 0.717) is 5.71 Å². The first-order valence-electron chi connectivity index (χ1n) is 9.30. The molecule has 0 spiro atoms. The second-order valence-corrected chi connectivity index (χ2v) is 7.57. The molecule has 2 aliphatic rings. The number of hydrogen-bond acceptors (Lipinski definition) is 3. The van der Waals surface area contributed by atoms with E-state index in [4.69, 9.17) is 0 Å². The van der Waals surface area contributed by atoms with Crippen LogP contribution in [0, 0.1) is 0 Å². The Morgan fingerprint density at radius 1 is 1.15 bits per heavy atom. The zero-order valence-electron chi connectivity index (χ0n) is 15.6. The first-order valence-corrected chi connectivity index (χ1v) is 9.30. The van der Waals surface area contributed by atoms with Crippen molar-refractivity contribution in [2.24, 2.45) is 4.99 Å². The van der Waals surface area contributed by atoms with E-state index in [1.807, 2.05) is 56.3 Å². The highest BCUT2D eigenvalue weighted by Crippen LogP contribution is 2.31. The predicted molar refractivity (Wildman–Crippen MR) is 104 cm³/mol. The van der Waals surface area contributed by atoms with Crippen LogP contribution in [-0.2, 0) is 16.0 Å². The van der Waals surface area contributed by atoms with Crippen LogP contribution in [0.3, 0.4) is 0 Å². The maximum absolute atomic E-state index is 12.9. The Hall–Kier alpha value is -2.95. The van der Waals surface area contributed by atoms with Gasteiger partial charge in [0.15, 0.2) is 0 Å². The lowest BCUT2D eigenvalue weighted by Crippen LogP contribution is -2.48. The molecule has 2 amide bonds. The number of fused-ring (bicyclic) bond motifs is 1.